The summed E-state index contributed by atoms with van der Waals surface area (Å²) in [4.78, 5) is 37.9. The van der Waals surface area contributed by atoms with Crippen LogP contribution in [0.1, 0.15) is 37.7 Å². The molecule has 15 heteroatoms. The predicted molar refractivity (Wildman–Crippen MR) is 118 cm³/mol. The van der Waals surface area contributed by atoms with Crippen molar-refractivity contribution >= 4 is 39.5 Å². The van der Waals surface area contributed by atoms with E-state index in [0.717, 1.165) is 6.42 Å². The Morgan fingerprint density at radius 3 is 2.56 bits per heavy atom. The third-order valence-corrected chi connectivity index (χ3v) is 6.61. The van der Waals surface area contributed by atoms with Gasteiger partial charge >= 0.3 is 18.1 Å². The molecule has 1 saturated carbocycles. The van der Waals surface area contributed by atoms with Crippen LogP contribution >= 0.6 is 15.9 Å². The second-order valence-electron chi connectivity index (χ2n) is 8.87. The van der Waals surface area contributed by atoms with Gasteiger partial charge in [0.05, 0.1) is 12.6 Å². The van der Waals surface area contributed by atoms with Crippen molar-refractivity contribution in [2.75, 3.05) is 18.5 Å². The SMILES string of the molecule is O=C(O)C(F)(F)F.O=C1Nc2nc(Br)ccc2COCCCCC(F)(F)C(=O)NC[C@@]23C[C@@H]1N[C@@H]2C3. The minimum Gasteiger partial charge on any atom is -0.475 e. The number of amides is 2. The fourth-order valence-electron chi connectivity index (χ4n) is 4.08. The molecule has 4 rings (SSSR count). The number of nitrogens with one attached hydrogen (secondary N) is 3. The summed E-state index contributed by atoms with van der Waals surface area (Å²) in [6.45, 7) is 0.625. The number of piperidine rings is 1. The highest BCUT2D eigenvalue weighted by atomic mass is 79.9. The van der Waals surface area contributed by atoms with Crippen molar-refractivity contribution in [3.05, 3.63) is 22.3 Å². The second kappa shape index (κ2) is 10.9. The van der Waals surface area contributed by atoms with Crippen LogP contribution in [0.2, 0.25) is 0 Å². The second-order valence-corrected chi connectivity index (χ2v) is 9.69. The Bertz CT molecular complexity index is 1010. The number of carboxylic acids is 1. The van der Waals surface area contributed by atoms with Gasteiger partial charge in [0.1, 0.15) is 10.4 Å². The molecule has 0 radical (unpaired) electrons. The molecule has 9 nitrogen and oxygen atoms in total. The summed E-state index contributed by atoms with van der Waals surface area (Å²) >= 11 is 3.31. The van der Waals surface area contributed by atoms with Gasteiger partial charge in [-0.25, -0.2) is 9.78 Å². The van der Waals surface area contributed by atoms with Crippen molar-refractivity contribution < 1.29 is 46.2 Å². The van der Waals surface area contributed by atoms with E-state index in [1.165, 1.54) is 0 Å². The van der Waals surface area contributed by atoms with Gasteiger partial charge < -0.3 is 25.8 Å². The molecule has 3 heterocycles. The Hall–Kier alpha value is -2.39. The zero-order valence-electron chi connectivity index (χ0n) is 18.8. The molecule has 2 bridgehead atoms. The molecule has 0 unspecified atom stereocenters. The van der Waals surface area contributed by atoms with Gasteiger partial charge in [0.15, 0.2) is 0 Å². The van der Waals surface area contributed by atoms with Gasteiger partial charge in [-0.3, -0.25) is 9.59 Å². The highest BCUT2D eigenvalue weighted by Crippen LogP contribution is 2.54. The summed E-state index contributed by atoms with van der Waals surface area (Å²) < 4.78 is 66.1. The van der Waals surface area contributed by atoms with E-state index in [1.54, 1.807) is 12.1 Å². The number of fused-ring (bicyclic) bond motifs is 2. The summed E-state index contributed by atoms with van der Waals surface area (Å²) in [5, 5.41) is 15.6. The first-order chi connectivity index (χ1) is 16.7. The molecule has 3 aliphatic rings. The number of alkyl halides is 5. The van der Waals surface area contributed by atoms with Gasteiger partial charge in [-0.15, -0.1) is 0 Å². The first-order valence-corrected chi connectivity index (χ1v) is 11.8. The summed E-state index contributed by atoms with van der Waals surface area (Å²) in [7, 11) is 0. The Morgan fingerprint density at radius 2 is 1.89 bits per heavy atom. The van der Waals surface area contributed by atoms with Gasteiger partial charge in [0.25, 0.3) is 5.91 Å². The van der Waals surface area contributed by atoms with Crippen LogP contribution in [0, 0.1) is 5.41 Å². The molecule has 2 fully saturated rings. The lowest BCUT2D eigenvalue weighted by Gasteiger charge is -2.19. The molecule has 1 spiro atoms. The van der Waals surface area contributed by atoms with Gasteiger partial charge in [0.2, 0.25) is 5.91 Å². The summed E-state index contributed by atoms with van der Waals surface area (Å²) in [5.74, 6) is -7.21. The molecule has 3 atom stereocenters. The van der Waals surface area contributed by atoms with E-state index < -0.39 is 36.4 Å². The third-order valence-electron chi connectivity index (χ3n) is 6.17. The number of carbonyl (C=O) groups is 3. The quantitative estimate of drug-likeness (QED) is 0.272. The lowest BCUT2D eigenvalue weighted by molar-refractivity contribution is -0.192. The highest BCUT2D eigenvalue weighted by Gasteiger charge is 2.61. The molecular weight excluding hydrogens is 563 g/mol. The number of pyridine rings is 1. The summed E-state index contributed by atoms with van der Waals surface area (Å²) in [6.07, 6.45) is -3.76. The minimum atomic E-state index is -5.08. The normalized spacial score (nSPS) is 28.3. The molecule has 36 heavy (non-hydrogen) atoms. The van der Waals surface area contributed by atoms with E-state index in [1.807, 2.05) is 0 Å². The predicted octanol–water partition coefficient (Wildman–Crippen LogP) is 2.99. The Labute approximate surface area is 210 Å². The molecule has 2 amide bonds. The number of halogens is 6. The van der Waals surface area contributed by atoms with Crippen LogP contribution < -0.4 is 16.0 Å². The van der Waals surface area contributed by atoms with E-state index in [9.17, 15) is 31.5 Å². The van der Waals surface area contributed by atoms with Crippen molar-refractivity contribution in [1.29, 1.82) is 0 Å². The smallest absolute Gasteiger partial charge is 0.475 e. The first-order valence-electron chi connectivity index (χ1n) is 11.0. The highest BCUT2D eigenvalue weighted by molar-refractivity contribution is 9.10. The Morgan fingerprint density at radius 1 is 1.19 bits per heavy atom. The molecule has 200 valence electrons. The van der Waals surface area contributed by atoms with Gasteiger partial charge in [-0.05, 0) is 47.7 Å². The molecule has 1 aromatic heterocycles. The van der Waals surface area contributed by atoms with Crippen LogP contribution in [-0.4, -0.2) is 65.2 Å². The van der Waals surface area contributed by atoms with Crippen LogP contribution in [0.3, 0.4) is 0 Å². The maximum absolute atomic E-state index is 14.1. The number of aliphatic carboxylic acids is 1. The molecule has 4 N–H and O–H groups in total. The van der Waals surface area contributed by atoms with Crippen LogP contribution in [0.15, 0.2) is 16.7 Å². The molecule has 1 saturated heterocycles. The molecule has 2 aliphatic heterocycles. The number of nitrogens with zero attached hydrogens (tertiary/aromatic N) is 1. The van der Waals surface area contributed by atoms with Crippen LogP contribution in [-0.2, 0) is 25.7 Å². The van der Waals surface area contributed by atoms with E-state index in [4.69, 9.17) is 14.6 Å². The standard InChI is InChI=1S/C19H23BrF2N4O3.C2HF3O2/c20-14-4-3-11-9-29-6-2-1-5-19(21,22)17(28)23-10-18-7-12(24-13(18)8-18)16(27)26-15(11)25-14;3-2(4,5)1(6)7/h3-4,12-13,24H,1-2,5-10H2,(H,23,28)(H,25,26,27);(H,6,7)/t12-,13+,18-;/m0./s1. The van der Waals surface area contributed by atoms with Gasteiger partial charge in [-0.2, -0.15) is 22.0 Å². The van der Waals surface area contributed by atoms with Gasteiger partial charge in [-0.1, -0.05) is 6.07 Å². The monoisotopic (exact) mass is 586 g/mol. The molecule has 1 aromatic rings. The van der Waals surface area contributed by atoms with Crippen molar-refractivity contribution in [3.63, 3.8) is 0 Å². The minimum absolute atomic E-state index is 0.0457. The van der Waals surface area contributed by atoms with E-state index in [0.29, 0.717) is 28.8 Å². The number of aromatic nitrogens is 1. The zero-order valence-corrected chi connectivity index (χ0v) is 20.3. The Balaban J connectivity index is 0.000000454. The molecule has 1 aliphatic carbocycles. The maximum Gasteiger partial charge on any atom is 0.490 e. The molecule has 0 aromatic carbocycles. The average Bonchev–Trinajstić information content (AvgIpc) is 3.34. The first kappa shape index (κ1) is 28.2. The summed E-state index contributed by atoms with van der Waals surface area (Å²) in [6, 6.07) is 3.14. The van der Waals surface area contributed by atoms with E-state index in [-0.39, 0.29) is 43.5 Å². The maximum atomic E-state index is 14.1. The lowest BCUT2D eigenvalue weighted by atomic mass is 9.99. The number of anilines is 1. The number of carbonyl (C=O) groups excluding carboxylic acids is 2. The number of hydrogen-bond acceptors (Lipinski definition) is 6. The number of rotatable bonds is 0. The van der Waals surface area contributed by atoms with Crippen LogP contribution in [0.5, 0.6) is 0 Å². The Kier molecular flexibility index (Phi) is 8.55. The van der Waals surface area contributed by atoms with Crippen LogP contribution in [0.4, 0.5) is 27.8 Å². The largest absolute Gasteiger partial charge is 0.490 e. The molecular formula is C21H24BrF5N4O5. The third kappa shape index (κ3) is 7.09. The van der Waals surface area contributed by atoms with E-state index >= 15 is 0 Å². The lowest BCUT2D eigenvalue weighted by Crippen LogP contribution is -2.43. The van der Waals surface area contributed by atoms with Crippen molar-refractivity contribution in [1.82, 2.24) is 15.6 Å². The van der Waals surface area contributed by atoms with Crippen molar-refractivity contribution in [3.8, 4) is 0 Å². The fourth-order valence-corrected chi connectivity index (χ4v) is 4.39. The van der Waals surface area contributed by atoms with Crippen LogP contribution in [0.25, 0.3) is 0 Å². The number of ether oxygens (including phenoxy) is 1. The number of hydrogen-bond donors (Lipinski definition) is 4. The topological polar surface area (TPSA) is 130 Å². The fraction of sp³-hybridized carbons (Fsp3) is 0.619. The zero-order chi connectivity index (χ0) is 26.7. The van der Waals surface area contributed by atoms with E-state index in [2.05, 4.69) is 36.9 Å². The summed E-state index contributed by atoms with van der Waals surface area (Å²) in [5.41, 5.74) is 0.379. The number of carboxylic acid groups (broad SMARTS) is 1. The van der Waals surface area contributed by atoms with Crippen molar-refractivity contribution in [2.45, 2.75) is 62.9 Å². The average molecular weight is 587 g/mol. The van der Waals surface area contributed by atoms with Gasteiger partial charge in [0, 0.05) is 36.6 Å². The van der Waals surface area contributed by atoms with Crippen molar-refractivity contribution in [2.24, 2.45) is 5.41 Å².